The molecule has 0 fully saturated rings. The van der Waals surface area contributed by atoms with Gasteiger partial charge in [-0.3, -0.25) is 4.79 Å². The number of carbonyl (C=O) groups excluding carboxylic acids is 1. The van der Waals surface area contributed by atoms with E-state index in [0.717, 1.165) is 22.4 Å². The molecule has 0 radical (unpaired) electrons. The van der Waals surface area contributed by atoms with Gasteiger partial charge in [-0.15, -0.1) is 10.2 Å². The fourth-order valence-corrected chi connectivity index (χ4v) is 2.65. The second-order valence-corrected chi connectivity index (χ2v) is 5.63. The Morgan fingerprint density at radius 1 is 1.44 bits per heavy atom. The number of anilines is 1. The molecule has 8 heteroatoms. The lowest BCUT2D eigenvalue weighted by atomic mass is 10.5. The molecule has 1 aromatic rings. The molecule has 1 aromatic heterocycles. The van der Waals surface area contributed by atoms with Crippen molar-refractivity contribution >= 4 is 34.1 Å². The first-order chi connectivity index (χ1) is 8.76. The normalized spacial score (nSPS) is 10.3. The van der Waals surface area contributed by atoms with Gasteiger partial charge in [0.05, 0.1) is 12.4 Å². The van der Waals surface area contributed by atoms with E-state index >= 15 is 0 Å². The maximum Gasteiger partial charge on any atom is 0.230 e. The van der Waals surface area contributed by atoms with Crippen LogP contribution in [0.5, 0.6) is 0 Å². The Balaban J connectivity index is 2.21. The summed E-state index contributed by atoms with van der Waals surface area (Å²) in [6.07, 6.45) is 1.05. The quantitative estimate of drug-likeness (QED) is 0.526. The van der Waals surface area contributed by atoms with Crippen molar-refractivity contribution in [2.75, 3.05) is 37.9 Å². The Kier molecular flexibility index (Phi) is 7.70. The van der Waals surface area contributed by atoms with Crippen LogP contribution in [0.4, 0.5) is 5.13 Å². The molecule has 0 aliphatic heterocycles. The average Bonchev–Trinajstić information content (AvgIpc) is 2.82. The van der Waals surface area contributed by atoms with Gasteiger partial charge in [-0.25, -0.2) is 0 Å². The molecular formula is C10H18N4O2S2. The van der Waals surface area contributed by atoms with Crippen molar-refractivity contribution < 1.29 is 9.53 Å². The highest BCUT2D eigenvalue weighted by Crippen LogP contribution is 2.24. The summed E-state index contributed by atoms with van der Waals surface area (Å²) in [7, 11) is 1.60. The maximum absolute atomic E-state index is 11.4. The molecule has 1 heterocycles. The third-order valence-corrected chi connectivity index (χ3v) is 3.90. The van der Waals surface area contributed by atoms with Crippen LogP contribution in [-0.4, -0.2) is 48.7 Å². The topological polar surface area (TPSA) is 76.1 Å². The highest BCUT2D eigenvalue weighted by molar-refractivity contribution is 8.01. The molecule has 0 saturated carbocycles. The molecule has 0 spiro atoms. The molecule has 0 aromatic carbocycles. The fraction of sp³-hybridized carbons (Fsp3) is 0.700. The number of aromatic nitrogens is 2. The van der Waals surface area contributed by atoms with E-state index < -0.39 is 0 Å². The number of ether oxygens (including phenoxy) is 1. The smallest absolute Gasteiger partial charge is 0.230 e. The lowest BCUT2D eigenvalue weighted by Gasteiger charge is -2.02. The summed E-state index contributed by atoms with van der Waals surface area (Å²) in [5.41, 5.74) is 0. The first-order valence-corrected chi connectivity index (χ1v) is 7.52. The number of carbonyl (C=O) groups is 1. The van der Waals surface area contributed by atoms with E-state index in [2.05, 4.69) is 27.8 Å². The van der Waals surface area contributed by atoms with Crippen LogP contribution in [0.15, 0.2) is 4.34 Å². The summed E-state index contributed by atoms with van der Waals surface area (Å²) in [5, 5.41) is 14.7. The number of hydrogen-bond acceptors (Lipinski definition) is 7. The van der Waals surface area contributed by atoms with Crippen molar-refractivity contribution in [3.8, 4) is 0 Å². The van der Waals surface area contributed by atoms with Crippen LogP contribution in [0, 0.1) is 0 Å². The molecule has 0 bridgehead atoms. The van der Waals surface area contributed by atoms with Gasteiger partial charge in [0.15, 0.2) is 4.34 Å². The zero-order valence-corrected chi connectivity index (χ0v) is 12.2. The van der Waals surface area contributed by atoms with Crippen LogP contribution < -0.4 is 10.6 Å². The van der Waals surface area contributed by atoms with Crippen molar-refractivity contribution in [1.29, 1.82) is 0 Å². The minimum atomic E-state index is -0.0182. The summed E-state index contributed by atoms with van der Waals surface area (Å²) >= 11 is 2.86. The number of nitrogens with zero attached hydrogens (tertiary/aromatic N) is 2. The van der Waals surface area contributed by atoms with Crippen LogP contribution >= 0.6 is 23.1 Å². The van der Waals surface area contributed by atoms with Crippen LogP contribution in [0.3, 0.4) is 0 Å². The first-order valence-electron chi connectivity index (χ1n) is 5.72. The Labute approximate surface area is 115 Å². The fourth-order valence-electron chi connectivity index (χ4n) is 1.04. The summed E-state index contributed by atoms with van der Waals surface area (Å²) < 4.78 is 5.65. The van der Waals surface area contributed by atoms with Gasteiger partial charge in [-0.05, 0) is 6.42 Å². The van der Waals surface area contributed by atoms with Gasteiger partial charge in [0.1, 0.15) is 0 Å². The van der Waals surface area contributed by atoms with Gasteiger partial charge >= 0.3 is 0 Å². The van der Waals surface area contributed by atoms with Gasteiger partial charge in [-0.2, -0.15) is 0 Å². The third-order valence-electron chi connectivity index (χ3n) is 1.89. The molecule has 0 saturated heterocycles. The number of methoxy groups -OCH3 is 1. The van der Waals surface area contributed by atoms with Crippen LogP contribution in [-0.2, 0) is 9.53 Å². The molecular weight excluding hydrogens is 272 g/mol. The predicted molar refractivity (Wildman–Crippen MR) is 74.3 cm³/mol. The van der Waals surface area contributed by atoms with E-state index in [0.29, 0.717) is 18.9 Å². The predicted octanol–water partition coefficient (Wildman–Crippen LogP) is 1.21. The Hall–Kier alpha value is -0.860. The second kappa shape index (κ2) is 9.12. The van der Waals surface area contributed by atoms with E-state index in [-0.39, 0.29) is 5.91 Å². The number of rotatable bonds is 9. The zero-order valence-electron chi connectivity index (χ0n) is 10.6. The molecule has 0 unspecified atom stereocenters. The molecule has 6 nitrogen and oxygen atoms in total. The van der Waals surface area contributed by atoms with E-state index in [9.17, 15) is 4.79 Å². The van der Waals surface area contributed by atoms with E-state index in [4.69, 9.17) is 4.74 Å². The number of amides is 1. The largest absolute Gasteiger partial charge is 0.383 e. The lowest BCUT2D eigenvalue weighted by molar-refractivity contribution is -0.118. The second-order valence-electron chi connectivity index (χ2n) is 3.43. The van der Waals surface area contributed by atoms with Crippen molar-refractivity contribution in [3.63, 3.8) is 0 Å². The van der Waals surface area contributed by atoms with Gasteiger partial charge in [0.25, 0.3) is 0 Å². The van der Waals surface area contributed by atoms with Gasteiger partial charge < -0.3 is 15.4 Å². The van der Waals surface area contributed by atoms with Gasteiger partial charge in [0.2, 0.25) is 11.0 Å². The minimum Gasteiger partial charge on any atom is -0.383 e. The maximum atomic E-state index is 11.4. The summed E-state index contributed by atoms with van der Waals surface area (Å²) in [6, 6.07) is 0. The molecule has 1 rings (SSSR count). The first kappa shape index (κ1) is 15.2. The minimum absolute atomic E-state index is 0.0182. The SMILES string of the molecule is CCCNc1nnc(SCC(=O)NCCOC)s1. The zero-order chi connectivity index (χ0) is 13.2. The van der Waals surface area contributed by atoms with Crippen LogP contribution in [0.25, 0.3) is 0 Å². The van der Waals surface area contributed by atoms with Crippen LogP contribution in [0.1, 0.15) is 13.3 Å². The molecule has 18 heavy (non-hydrogen) atoms. The Morgan fingerprint density at radius 2 is 2.28 bits per heavy atom. The molecule has 1 amide bonds. The highest BCUT2D eigenvalue weighted by atomic mass is 32.2. The molecule has 0 atom stereocenters. The summed E-state index contributed by atoms with van der Waals surface area (Å²) in [4.78, 5) is 11.4. The molecule has 0 aliphatic rings. The summed E-state index contributed by atoms with van der Waals surface area (Å²) in [5.74, 6) is 0.335. The molecule has 102 valence electrons. The summed E-state index contributed by atoms with van der Waals surface area (Å²) in [6.45, 7) is 4.04. The van der Waals surface area contributed by atoms with E-state index in [1.54, 1.807) is 7.11 Å². The van der Waals surface area contributed by atoms with Crippen molar-refractivity contribution in [2.45, 2.75) is 17.7 Å². The highest BCUT2D eigenvalue weighted by Gasteiger charge is 2.07. The molecule has 0 aliphatic carbocycles. The van der Waals surface area contributed by atoms with Crippen molar-refractivity contribution in [2.24, 2.45) is 0 Å². The molecule has 2 N–H and O–H groups in total. The van der Waals surface area contributed by atoms with Crippen molar-refractivity contribution in [3.05, 3.63) is 0 Å². The Morgan fingerprint density at radius 3 is 3.00 bits per heavy atom. The number of hydrogen-bond donors (Lipinski definition) is 2. The lowest BCUT2D eigenvalue weighted by Crippen LogP contribution is -2.28. The van der Waals surface area contributed by atoms with Gasteiger partial charge in [-0.1, -0.05) is 30.0 Å². The number of thioether (sulfide) groups is 1. The monoisotopic (exact) mass is 290 g/mol. The van der Waals surface area contributed by atoms with E-state index in [1.165, 1.54) is 23.1 Å². The van der Waals surface area contributed by atoms with Crippen LogP contribution in [0.2, 0.25) is 0 Å². The average molecular weight is 290 g/mol. The van der Waals surface area contributed by atoms with Crippen molar-refractivity contribution in [1.82, 2.24) is 15.5 Å². The van der Waals surface area contributed by atoms with E-state index in [1.807, 2.05) is 0 Å². The standard InChI is InChI=1S/C10H18N4O2S2/c1-3-4-12-9-13-14-10(18-9)17-7-8(15)11-5-6-16-2/h3-7H2,1-2H3,(H,11,15)(H,12,13). The third kappa shape index (κ3) is 6.18. The number of nitrogens with one attached hydrogen (secondary N) is 2. The Bertz CT molecular complexity index is 359. The van der Waals surface area contributed by atoms with Gasteiger partial charge in [0, 0.05) is 20.2 Å².